The molecule has 4 heteroatoms. The second kappa shape index (κ2) is 8.95. The van der Waals surface area contributed by atoms with Gasteiger partial charge in [-0.05, 0) is 47.4 Å². The van der Waals surface area contributed by atoms with E-state index in [-0.39, 0.29) is 11.8 Å². The predicted octanol–water partition coefficient (Wildman–Crippen LogP) is 4.51. The summed E-state index contributed by atoms with van der Waals surface area (Å²) in [5.74, 6) is 0.0611. The van der Waals surface area contributed by atoms with E-state index in [1.165, 1.54) is 5.56 Å². The standard InChI is InChI=1S/C26H26N2O2/c1-2-20-8-10-23(11-9-20)25(29)27-16-18-28(19-17-27)26(30)24-14-12-22(13-15-24)21-6-4-3-5-7-21/h3-15H,2,16-19H2,1H3. The molecule has 4 rings (SSSR count). The highest BCUT2D eigenvalue weighted by atomic mass is 16.2. The molecule has 1 aliphatic heterocycles. The van der Waals surface area contributed by atoms with E-state index in [2.05, 4.69) is 19.1 Å². The zero-order valence-corrected chi connectivity index (χ0v) is 17.3. The van der Waals surface area contributed by atoms with Gasteiger partial charge >= 0.3 is 0 Å². The van der Waals surface area contributed by atoms with Gasteiger partial charge in [0.2, 0.25) is 0 Å². The number of amides is 2. The average Bonchev–Trinajstić information content (AvgIpc) is 2.84. The first-order chi connectivity index (χ1) is 14.7. The number of aryl methyl sites for hydroxylation is 1. The molecule has 1 fully saturated rings. The highest BCUT2D eigenvalue weighted by molar-refractivity contribution is 5.96. The zero-order valence-electron chi connectivity index (χ0n) is 17.3. The Balaban J connectivity index is 1.36. The summed E-state index contributed by atoms with van der Waals surface area (Å²) in [7, 11) is 0. The van der Waals surface area contributed by atoms with E-state index in [9.17, 15) is 9.59 Å². The molecule has 0 N–H and O–H groups in total. The van der Waals surface area contributed by atoms with E-state index in [0.29, 0.717) is 37.3 Å². The molecule has 0 unspecified atom stereocenters. The monoisotopic (exact) mass is 398 g/mol. The Labute approximate surface area is 177 Å². The lowest BCUT2D eigenvalue weighted by atomic mass is 10.0. The number of benzene rings is 3. The van der Waals surface area contributed by atoms with Gasteiger partial charge in [-0.15, -0.1) is 0 Å². The Bertz CT molecular complexity index is 1000. The molecule has 1 saturated heterocycles. The van der Waals surface area contributed by atoms with Crippen molar-refractivity contribution in [1.82, 2.24) is 9.80 Å². The number of carbonyl (C=O) groups excluding carboxylic acids is 2. The Morgan fingerprint density at radius 3 is 1.53 bits per heavy atom. The molecular formula is C26H26N2O2. The normalized spacial score (nSPS) is 13.9. The van der Waals surface area contributed by atoms with Crippen LogP contribution >= 0.6 is 0 Å². The van der Waals surface area contributed by atoms with Crippen LogP contribution in [0.5, 0.6) is 0 Å². The van der Waals surface area contributed by atoms with Gasteiger partial charge in [0.1, 0.15) is 0 Å². The van der Waals surface area contributed by atoms with Gasteiger partial charge in [-0.2, -0.15) is 0 Å². The lowest BCUT2D eigenvalue weighted by Crippen LogP contribution is -2.50. The van der Waals surface area contributed by atoms with Crippen LogP contribution in [0.15, 0.2) is 78.9 Å². The van der Waals surface area contributed by atoms with Crippen molar-refractivity contribution in [3.05, 3.63) is 95.6 Å². The van der Waals surface area contributed by atoms with Crippen LogP contribution < -0.4 is 0 Å². The summed E-state index contributed by atoms with van der Waals surface area (Å²) in [5.41, 5.74) is 4.85. The van der Waals surface area contributed by atoms with E-state index in [1.807, 2.05) is 76.5 Å². The predicted molar refractivity (Wildman–Crippen MR) is 120 cm³/mol. The summed E-state index contributed by atoms with van der Waals surface area (Å²) in [5, 5.41) is 0. The van der Waals surface area contributed by atoms with Gasteiger partial charge < -0.3 is 9.80 Å². The first-order valence-electron chi connectivity index (χ1n) is 10.5. The molecule has 1 aliphatic rings. The lowest BCUT2D eigenvalue weighted by Gasteiger charge is -2.35. The number of carbonyl (C=O) groups is 2. The van der Waals surface area contributed by atoms with E-state index < -0.39 is 0 Å². The molecule has 0 aliphatic carbocycles. The Morgan fingerprint density at radius 2 is 1.07 bits per heavy atom. The van der Waals surface area contributed by atoms with Gasteiger partial charge in [-0.1, -0.05) is 61.5 Å². The van der Waals surface area contributed by atoms with Gasteiger partial charge in [0.25, 0.3) is 11.8 Å². The largest absolute Gasteiger partial charge is 0.335 e. The highest BCUT2D eigenvalue weighted by Gasteiger charge is 2.25. The lowest BCUT2D eigenvalue weighted by molar-refractivity contribution is 0.0535. The van der Waals surface area contributed by atoms with E-state index in [1.54, 1.807) is 0 Å². The SMILES string of the molecule is CCc1ccc(C(=O)N2CCN(C(=O)c3ccc(-c4ccccc4)cc3)CC2)cc1. The molecule has 0 aromatic heterocycles. The quantitative estimate of drug-likeness (QED) is 0.649. The van der Waals surface area contributed by atoms with Gasteiger partial charge in [0.15, 0.2) is 0 Å². The summed E-state index contributed by atoms with van der Waals surface area (Å²) in [6.07, 6.45) is 0.960. The maximum absolute atomic E-state index is 12.9. The fourth-order valence-electron chi connectivity index (χ4n) is 3.80. The molecule has 3 aromatic rings. The van der Waals surface area contributed by atoms with Crippen LogP contribution in [-0.4, -0.2) is 47.8 Å². The minimum absolute atomic E-state index is 0.0222. The number of hydrogen-bond acceptors (Lipinski definition) is 2. The van der Waals surface area contributed by atoms with Gasteiger partial charge in [-0.25, -0.2) is 0 Å². The van der Waals surface area contributed by atoms with Gasteiger partial charge in [-0.3, -0.25) is 9.59 Å². The van der Waals surface area contributed by atoms with Gasteiger partial charge in [0.05, 0.1) is 0 Å². The molecule has 0 radical (unpaired) electrons. The summed E-state index contributed by atoms with van der Waals surface area (Å²) < 4.78 is 0. The summed E-state index contributed by atoms with van der Waals surface area (Å²) in [6.45, 7) is 4.32. The third-order valence-corrected chi connectivity index (χ3v) is 5.70. The molecule has 0 spiro atoms. The molecule has 3 aromatic carbocycles. The fourth-order valence-corrected chi connectivity index (χ4v) is 3.80. The molecule has 0 saturated carbocycles. The molecular weight excluding hydrogens is 372 g/mol. The minimum Gasteiger partial charge on any atom is -0.335 e. The number of piperazine rings is 1. The Morgan fingerprint density at radius 1 is 0.633 bits per heavy atom. The first kappa shape index (κ1) is 19.9. The molecule has 152 valence electrons. The van der Waals surface area contributed by atoms with Crippen molar-refractivity contribution in [1.29, 1.82) is 0 Å². The zero-order chi connectivity index (χ0) is 20.9. The van der Waals surface area contributed by atoms with E-state index in [0.717, 1.165) is 17.5 Å². The van der Waals surface area contributed by atoms with Crippen molar-refractivity contribution >= 4 is 11.8 Å². The maximum Gasteiger partial charge on any atom is 0.253 e. The van der Waals surface area contributed by atoms with Crippen molar-refractivity contribution in [3.63, 3.8) is 0 Å². The second-order valence-corrected chi connectivity index (χ2v) is 7.58. The Hall–Kier alpha value is -3.40. The van der Waals surface area contributed by atoms with Crippen LogP contribution in [-0.2, 0) is 6.42 Å². The van der Waals surface area contributed by atoms with Crippen molar-refractivity contribution < 1.29 is 9.59 Å². The number of hydrogen-bond donors (Lipinski definition) is 0. The first-order valence-corrected chi connectivity index (χ1v) is 10.5. The Kier molecular flexibility index (Phi) is 5.94. The topological polar surface area (TPSA) is 40.6 Å². The second-order valence-electron chi connectivity index (χ2n) is 7.58. The molecule has 4 nitrogen and oxygen atoms in total. The van der Waals surface area contributed by atoms with Crippen molar-refractivity contribution in [2.45, 2.75) is 13.3 Å². The number of nitrogens with zero attached hydrogens (tertiary/aromatic N) is 2. The maximum atomic E-state index is 12.9. The summed E-state index contributed by atoms with van der Waals surface area (Å²) in [6, 6.07) is 25.7. The van der Waals surface area contributed by atoms with Crippen LogP contribution in [0.3, 0.4) is 0 Å². The third kappa shape index (κ3) is 4.28. The number of rotatable bonds is 4. The van der Waals surface area contributed by atoms with Crippen LogP contribution in [0, 0.1) is 0 Å². The summed E-state index contributed by atoms with van der Waals surface area (Å²) >= 11 is 0. The molecule has 1 heterocycles. The van der Waals surface area contributed by atoms with E-state index in [4.69, 9.17) is 0 Å². The van der Waals surface area contributed by atoms with E-state index >= 15 is 0 Å². The molecule has 0 atom stereocenters. The van der Waals surface area contributed by atoms with Crippen LogP contribution in [0.4, 0.5) is 0 Å². The summed E-state index contributed by atoms with van der Waals surface area (Å²) in [4.78, 5) is 29.3. The van der Waals surface area contributed by atoms with Gasteiger partial charge in [0, 0.05) is 37.3 Å². The van der Waals surface area contributed by atoms with Crippen molar-refractivity contribution in [3.8, 4) is 11.1 Å². The van der Waals surface area contributed by atoms with Crippen LogP contribution in [0.2, 0.25) is 0 Å². The van der Waals surface area contributed by atoms with Crippen LogP contribution in [0.1, 0.15) is 33.2 Å². The third-order valence-electron chi connectivity index (χ3n) is 5.70. The molecule has 0 bridgehead atoms. The molecule has 30 heavy (non-hydrogen) atoms. The highest BCUT2D eigenvalue weighted by Crippen LogP contribution is 2.20. The molecule has 2 amide bonds. The minimum atomic E-state index is 0.0222. The smallest absolute Gasteiger partial charge is 0.253 e. The van der Waals surface area contributed by atoms with Crippen LogP contribution in [0.25, 0.3) is 11.1 Å². The van der Waals surface area contributed by atoms with Crippen molar-refractivity contribution in [2.24, 2.45) is 0 Å². The average molecular weight is 399 g/mol. The van der Waals surface area contributed by atoms with Crippen molar-refractivity contribution in [2.75, 3.05) is 26.2 Å². The fraction of sp³-hybridized carbons (Fsp3) is 0.231.